The topological polar surface area (TPSA) is 169 Å². The minimum absolute atomic E-state index is 0.0678. The van der Waals surface area contributed by atoms with Gasteiger partial charge in [-0.25, -0.2) is 4.57 Å². The van der Waals surface area contributed by atoms with E-state index in [0.717, 1.165) is 57.8 Å². The van der Waals surface area contributed by atoms with Crippen LogP contribution in [-0.4, -0.2) is 76.9 Å². The maximum Gasteiger partial charge on any atom is 0.472 e. The van der Waals surface area contributed by atoms with Crippen LogP contribution >= 0.6 is 7.82 Å². The molecule has 0 aliphatic heterocycles. The molecule has 0 aromatic carbocycles. The van der Waals surface area contributed by atoms with E-state index >= 15 is 0 Å². The number of unbranched alkanes of at least 4 members (excludes halogenated alkanes) is 3. The molecule has 0 saturated carbocycles. The maximum absolute atomic E-state index is 12.6. The summed E-state index contributed by atoms with van der Waals surface area (Å²) < 4.78 is 32.5. The lowest BCUT2D eigenvalue weighted by Crippen LogP contribution is -2.30. The van der Waals surface area contributed by atoms with Crippen molar-refractivity contribution < 1.29 is 52.9 Å². The lowest BCUT2D eigenvalue weighted by atomic mass is 10.1. The Kier molecular flexibility index (Phi) is 39.5. The molecule has 4 atom stereocenters. The lowest BCUT2D eigenvalue weighted by Gasteiger charge is -2.20. The first-order chi connectivity index (χ1) is 29.1. The Balaban J connectivity index is 4.64. The summed E-state index contributed by atoms with van der Waals surface area (Å²) in [5.41, 5.74) is 0. The second-order valence-corrected chi connectivity index (χ2v) is 15.3. The van der Waals surface area contributed by atoms with Crippen LogP contribution in [0, 0.1) is 0 Å². The molecule has 0 amide bonds. The minimum atomic E-state index is -4.70. The van der Waals surface area contributed by atoms with Gasteiger partial charge in [0.25, 0.3) is 0 Å². The smallest absolute Gasteiger partial charge is 0.462 e. The van der Waals surface area contributed by atoms with Gasteiger partial charge in [-0.1, -0.05) is 148 Å². The van der Waals surface area contributed by atoms with Crippen molar-refractivity contribution in [3.8, 4) is 0 Å². The fraction of sp³-hybridized carbons (Fsp3) is 0.542. The average molecular weight is 859 g/mol. The van der Waals surface area contributed by atoms with Crippen LogP contribution in [-0.2, 0) is 32.7 Å². The molecule has 11 nitrogen and oxygen atoms in total. The molecular weight excluding hydrogens is 783 g/mol. The van der Waals surface area contributed by atoms with Crippen LogP contribution in [0.15, 0.2) is 122 Å². The molecule has 1 unspecified atom stereocenters. The number of phosphoric ester groups is 1. The number of ether oxygens (including phenoxy) is 2. The number of carbonyl (C=O) groups excluding carboxylic acids is 2. The van der Waals surface area contributed by atoms with E-state index in [4.69, 9.17) is 19.1 Å². The summed E-state index contributed by atoms with van der Waals surface area (Å²) in [6.45, 7) is 1.89. The Labute approximate surface area is 360 Å². The first-order valence-corrected chi connectivity index (χ1v) is 23.1. The van der Waals surface area contributed by atoms with E-state index < -0.39 is 64.5 Å². The van der Waals surface area contributed by atoms with Gasteiger partial charge in [0.05, 0.1) is 25.9 Å². The van der Waals surface area contributed by atoms with Gasteiger partial charge in [0.1, 0.15) is 12.7 Å². The van der Waals surface area contributed by atoms with Crippen molar-refractivity contribution in [1.29, 1.82) is 0 Å². The van der Waals surface area contributed by atoms with Crippen LogP contribution in [0.5, 0.6) is 0 Å². The normalized spacial score (nSPS) is 15.5. The fourth-order valence-electron chi connectivity index (χ4n) is 4.88. The van der Waals surface area contributed by atoms with Gasteiger partial charge >= 0.3 is 19.8 Å². The van der Waals surface area contributed by atoms with E-state index in [1.807, 2.05) is 30.4 Å². The highest BCUT2D eigenvalue weighted by atomic mass is 31.2. The summed E-state index contributed by atoms with van der Waals surface area (Å²) >= 11 is 0. The SMILES string of the molecule is CC/C=C\C/C=C\C/C=C\C/C=C\C/C=C\C/C=C\CCC(=O)OC[C@H](COP(=O)(O)OC[C@@H](O)CO)OC(=O)CCC[C@@H](O)/C=C/C=C\C/C=C\C/C=C\CCCCC. The number of phosphoric acid groups is 1. The molecule has 338 valence electrons. The second-order valence-electron chi connectivity index (χ2n) is 13.8. The molecule has 60 heavy (non-hydrogen) atoms. The molecule has 4 N–H and O–H groups in total. The van der Waals surface area contributed by atoms with E-state index in [1.54, 1.807) is 12.2 Å². The number of hydrogen-bond acceptors (Lipinski definition) is 10. The van der Waals surface area contributed by atoms with Crippen molar-refractivity contribution in [2.24, 2.45) is 0 Å². The van der Waals surface area contributed by atoms with Crippen molar-refractivity contribution in [2.45, 2.75) is 141 Å². The Hall–Kier alpha value is -3.67. The molecule has 0 rings (SSSR count). The zero-order valence-corrected chi connectivity index (χ0v) is 37.1. The van der Waals surface area contributed by atoms with Crippen LogP contribution in [0.2, 0.25) is 0 Å². The first-order valence-electron chi connectivity index (χ1n) is 21.6. The molecule has 0 fully saturated rings. The van der Waals surface area contributed by atoms with Crippen LogP contribution in [0.4, 0.5) is 0 Å². The highest BCUT2D eigenvalue weighted by molar-refractivity contribution is 7.47. The molecule has 0 aromatic rings. The van der Waals surface area contributed by atoms with Crippen LogP contribution < -0.4 is 0 Å². The number of aliphatic hydroxyl groups is 3. The fourth-order valence-corrected chi connectivity index (χ4v) is 5.67. The highest BCUT2D eigenvalue weighted by Gasteiger charge is 2.27. The number of esters is 2. The highest BCUT2D eigenvalue weighted by Crippen LogP contribution is 2.43. The largest absolute Gasteiger partial charge is 0.472 e. The predicted octanol–water partition coefficient (Wildman–Crippen LogP) is 10.5. The van der Waals surface area contributed by atoms with Crippen molar-refractivity contribution in [3.05, 3.63) is 122 Å². The molecule has 0 heterocycles. The molecule has 0 spiro atoms. The van der Waals surface area contributed by atoms with E-state index in [0.29, 0.717) is 19.3 Å². The van der Waals surface area contributed by atoms with E-state index in [2.05, 4.69) is 97.4 Å². The third kappa shape index (κ3) is 41.1. The Morgan fingerprint density at radius 2 is 1.10 bits per heavy atom. The first kappa shape index (κ1) is 56.3. The molecule has 0 aliphatic rings. The monoisotopic (exact) mass is 859 g/mol. The third-order valence-electron chi connectivity index (χ3n) is 8.22. The van der Waals surface area contributed by atoms with Gasteiger partial charge in [-0.3, -0.25) is 18.6 Å². The summed E-state index contributed by atoms with van der Waals surface area (Å²) in [4.78, 5) is 35.0. The van der Waals surface area contributed by atoms with Gasteiger partial charge < -0.3 is 29.7 Å². The summed E-state index contributed by atoms with van der Waals surface area (Å²) in [7, 11) is -4.70. The van der Waals surface area contributed by atoms with Gasteiger partial charge in [0, 0.05) is 12.8 Å². The van der Waals surface area contributed by atoms with Crippen LogP contribution in [0.25, 0.3) is 0 Å². The van der Waals surface area contributed by atoms with Crippen molar-refractivity contribution in [1.82, 2.24) is 0 Å². The third-order valence-corrected chi connectivity index (χ3v) is 9.17. The number of allylic oxidation sites excluding steroid dienone is 19. The number of aliphatic hydroxyl groups excluding tert-OH is 3. The minimum Gasteiger partial charge on any atom is -0.462 e. The quantitative estimate of drug-likeness (QED) is 0.0153. The zero-order valence-electron chi connectivity index (χ0n) is 36.2. The Morgan fingerprint density at radius 1 is 0.583 bits per heavy atom. The van der Waals surface area contributed by atoms with Gasteiger partial charge in [0.15, 0.2) is 6.10 Å². The van der Waals surface area contributed by atoms with E-state index in [-0.39, 0.29) is 12.8 Å². The maximum atomic E-state index is 12.6. The second kappa shape index (κ2) is 42.0. The van der Waals surface area contributed by atoms with Gasteiger partial charge in [-0.2, -0.15) is 0 Å². The molecule has 0 radical (unpaired) electrons. The summed E-state index contributed by atoms with van der Waals surface area (Å²) in [5, 5.41) is 28.6. The summed E-state index contributed by atoms with van der Waals surface area (Å²) in [5.74, 6) is -1.24. The Bertz CT molecular complexity index is 1420. The Morgan fingerprint density at radius 3 is 1.65 bits per heavy atom. The molecule has 12 heteroatoms. The van der Waals surface area contributed by atoms with E-state index in [9.17, 15) is 29.3 Å². The predicted molar refractivity (Wildman–Crippen MR) is 243 cm³/mol. The average Bonchev–Trinajstić information content (AvgIpc) is 3.23. The molecule has 0 aromatic heterocycles. The van der Waals surface area contributed by atoms with Crippen LogP contribution in [0.1, 0.15) is 123 Å². The molecule has 0 aliphatic carbocycles. The van der Waals surface area contributed by atoms with Crippen molar-refractivity contribution in [2.75, 3.05) is 26.4 Å². The number of hydrogen-bond donors (Lipinski definition) is 4. The van der Waals surface area contributed by atoms with Gasteiger partial charge in [-0.05, 0) is 83.5 Å². The molecular formula is C48H75O11P. The lowest BCUT2D eigenvalue weighted by molar-refractivity contribution is -0.161. The summed E-state index contributed by atoms with van der Waals surface area (Å²) in [6.07, 6.45) is 50.6. The van der Waals surface area contributed by atoms with Crippen molar-refractivity contribution in [3.63, 3.8) is 0 Å². The van der Waals surface area contributed by atoms with E-state index in [1.165, 1.54) is 19.3 Å². The molecule has 0 bridgehead atoms. The van der Waals surface area contributed by atoms with Crippen molar-refractivity contribution >= 4 is 19.8 Å². The standard InChI is InChI=1S/C48H75O11P/c1-3-5-7-9-11-13-15-17-18-19-20-21-22-24-26-28-30-32-34-38-47(52)56-42-46(43-58-60(54,55)57-41-45(51)40-49)59-48(53)39-35-37-44(50)36-33-31-29-27-25-23-16-14-12-10-8-6-4-2/h5,7,11-14,17-18,20-21,23-26,29-33,36,44-46,49-51H,3-4,6,8-10,15-16,19,22,27-28,34-35,37-43H2,1-2H3,(H,54,55)/b7-5-,13-11-,14-12-,18-17-,21-20-,25-23-,26-24-,31-29-,32-30-,36-33+/t44-,45-,46+/m0/s1. The van der Waals surface area contributed by atoms with Gasteiger partial charge in [-0.15, -0.1) is 0 Å². The zero-order chi connectivity index (χ0) is 44.2. The molecule has 0 saturated heterocycles. The number of rotatable bonds is 38. The van der Waals surface area contributed by atoms with Gasteiger partial charge in [0.2, 0.25) is 0 Å². The summed E-state index contributed by atoms with van der Waals surface area (Å²) in [6, 6.07) is 0. The van der Waals surface area contributed by atoms with Crippen LogP contribution in [0.3, 0.4) is 0 Å². The number of carbonyl (C=O) groups is 2.